The molecule has 1 amide bonds. The molecule has 0 aliphatic rings. The molecule has 0 aliphatic heterocycles. The van der Waals surface area contributed by atoms with E-state index in [0.29, 0.717) is 12.3 Å². The Hall–Kier alpha value is -1.56. The molecule has 0 unspecified atom stereocenters. The molecule has 6 nitrogen and oxygen atoms in total. The molecular formula is C11H20N4O2. The minimum Gasteiger partial charge on any atom is -0.480 e. The number of nitrogens with one attached hydrogen (secondary N) is 1. The molecule has 0 radical (unpaired) electrons. The van der Waals surface area contributed by atoms with Gasteiger partial charge in [0.2, 0.25) is 0 Å². The van der Waals surface area contributed by atoms with Gasteiger partial charge in [-0.05, 0) is 20.8 Å². The molecule has 1 aromatic heterocycles. The van der Waals surface area contributed by atoms with Crippen LogP contribution in [0.5, 0.6) is 5.75 Å². The molecule has 0 fully saturated rings. The molecule has 1 aromatic rings. The third-order valence-corrected chi connectivity index (χ3v) is 2.55. The van der Waals surface area contributed by atoms with Gasteiger partial charge >= 0.3 is 0 Å². The summed E-state index contributed by atoms with van der Waals surface area (Å²) in [5.41, 5.74) is 7.10. The maximum Gasteiger partial charge on any atom is 0.258 e. The van der Waals surface area contributed by atoms with Crippen LogP contribution in [0.1, 0.15) is 18.3 Å². The first-order valence-corrected chi connectivity index (χ1v) is 5.58. The second-order valence-corrected chi connectivity index (χ2v) is 4.12. The zero-order valence-electron chi connectivity index (χ0n) is 10.8. The highest BCUT2D eigenvalue weighted by Gasteiger charge is 2.13. The van der Waals surface area contributed by atoms with Gasteiger partial charge in [0.25, 0.3) is 5.91 Å². The highest BCUT2D eigenvalue weighted by atomic mass is 16.5. The van der Waals surface area contributed by atoms with Crippen LogP contribution in [-0.2, 0) is 11.8 Å². The number of rotatable bonds is 5. The van der Waals surface area contributed by atoms with E-state index in [2.05, 4.69) is 10.4 Å². The lowest BCUT2D eigenvalue weighted by molar-refractivity contribution is -0.123. The number of hydrogen-bond donors (Lipinski definition) is 2. The summed E-state index contributed by atoms with van der Waals surface area (Å²) in [6.07, 6.45) is 0. The quantitative estimate of drug-likeness (QED) is 0.751. The first-order chi connectivity index (χ1) is 7.95. The minimum absolute atomic E-state index is 0.0162. The average molecular weight is 240 g/mol. The summed E-state index contributed by atoms with van der Waals surface area (Å²) in [5.74, 6) is 0.494. The van der Waals surface area contributed by atoms with Crippen LogP contribution in [0.2, 0.25) is 0 Å². The van der Waals surface area contributed by atoms with E-state index in [9.17, 15) is 4.79 Å². The number of amides is 1. The molecule has 0 aromatic carbocycles. The molecule has 0 saturated carbocycles. The van der Waals surface area contributed by atoms with Crippen LogP contribution in [0.25, 0.3) is 0 Å². The molecule has 0 saturated heterocycles. The van der Waals surface area contributed by atoms with Gasteiger partial charge in [-0.1, -0.05) is 0 Å². The maximum absolute atomic E-state index is 11.5. The zero-order valence-corrected chi connectivity index (χ0v) is 10.8. The van der Waals surface area contributed by atoms with Crippen LogP contribution in [0, 0.1) is 13.8 Å². The van der Waals surface area contributed by atoms with Crippen molar-refractivity contribution in [3.8, 4) is 5.75 Å². The van der Waals surface area contributed by atoms with E-state index in [0.717, 1.165) is 11.4 Å². The monoisotopic (exact) mass is 240 g/mol. The summed E-state index contributed by atoms with van der Waals surface area (Å²) < 4.78 is 7.19. The molecular weight excluding hydrogens is 220 g/mol. The summed E-state index contributed by atoms with van der Waals surface area (Å²) in [7, 11) is 1.84. The number of nitrogens with zero attached hydrogens (tertiary/aromatic N) is 2. The number of carbonyl (C=O) groups excluding carboxylic acids is 1. The number of aryl methyl sites for hydroxylation is 2. The Morgan fingerprint density at radius 3 is 2.71 bits per heavy atom. The van der Waals surface area contributed by atoms with E-state index in [1.54, 1.807) is 4.68 Å². The van der Waals surface area contributed by atoms with Gasteiger partial charge in [-0.2, -0.15) is 5.10 Å². The molecule has 1 rings (SSSR count). The fraction of sp³-hybridized carbons (Fsp3) is 0.636. The smallest absolute Gasteiger partial charge is 0.258 e. The van der Waals surface area contributed by atoms with Gasteiger partial charge in [-0.3, -0.25) is 9.48 Å². The lowest BCUT2D eigenvalue weighted by Crippen LogP contribution is -2.40. The Kier molecular flexibility index (Phi) is 4.51. The van der Waals surface area contributed by atoms with Crippen molar-refractivity contribution in [1.82, 2.24) is 15.1 Å². The van der Waals surface area contributed by atoms with Gasteiger partial charge < -0.3 is 15.8 Å². The second kappa shape index (κ2) is 5.67. The van der Waals surface area contributed by atoms with Crippen molar-refractivity contribution in [1.29, 1.82) is 0 Å². The Bertz CT molecular complexity index is 400. The van der Waals surface area contributed by atoms with Crippen LogP contribution in [0.3, 0.4) is 0 Å². The van der Waals surface area contributed by atoms with Crippen LogP contribution < -0.4 is 15.8 Å². The Morgan fingerprint density at radius 2 is 2.24 bits per heavy atom. The summed E-state index contributed by atoms with van der Waals surface area (Å²) in [4.78, 5) is 11.5. The van der Waals surface area contributed by atoms with E-state index >= 15 is 0 Å². The first kappa shape index (κ1) is 13.5. The minimum atomic E-state index is -0.175. The summed E-state index contributed by atoms with van der Waals surface area (Å²) >= 11 is 0. The fourth-order valence-electron chi connectivity index (χ4n) is 1.48. The van der Waals surface area contributed by atoms with Crippen molar-refractivity contribution in [3.63, 3.8) is 0 Å². The molecule has 6 heteroatoms. The highest BCUT2D eigenvalue weighted by Crippen LogP contribution is 2.20. The number of ether oxygens (including phenoxy) is 1. The summed E-state index contributed by atoms with van der Waals surface area (Å²) in [5, 5.41) is 6.93. The molecule has 1 heterocycles. The van der Waals surface area contributed by atoms with Gasteiger partial charge in [0, 0.05) is 19.6 Å². The average Bonchev–Trinajstić information content (AvgIpc) is 2.51. The second-order valence-electron chi connectivity index (χ2n) is 4.12. The summed E-state index contributed by atoms with van der Waals surface area (Å²) in [6, 6.07) is -0.0396. The van der Waals surface area contributed by atoms with Crippen molar-refractivity contribution in [2.24, 2.45) is 12.8 Å². The number of carbonyl (C=O) groups is 1. The SMILES string of the molecule is Cc1nn(C)c(C)c1OCC(=O)N[C@@H](C)CN. The Balaban J connectivity index is 2.53. The van der Waals surface area contributed by atoms with Crippen molar-refractivity contribution >= 4 is 5.91 Å². The summed E-state index contributed by atoms with van der Waals surface area (Å²) in [6.45, 7) is 5.99. The topological polar surface area (TPSA) is 82.2 Å². The molecule has 3 N–H and O–H groups in total. The van der Waals surface area contributed by atoms with Gasteiger partial charge in [0.05, 0.1) is 5.69 Å². The first-order valence-electron chi connectivity index (χ1n) is 5.58. The van der Waals surface area contributed by atoms with Crippen LogP contribution in [0.15, 0.2) is 0 Å². The Labute approximate surface area is 101 Å². The number of aromatic nitrogens is 2. The van der Waals surface area contributed by atoms with Crippen molar-refractivity contribution in [2.45, 2.75) is 26.8 Å². The lowest BCUT2D eigenvalue weighted by Gasteiger charge is -2.12. The lowest BCUT2D eigenvalue weighted by atomic mass is 10.3. The van der Waals surface area contributed by atoms with Gasteiger partial charge in [0.1, 0.15) is 5.69 Å². The Morgan fingerprint density at radius 1 is 1.59 bits per heavy atom. The predicted molar refractivity (Wildman–Crippen MR) is 64.8 cm³/mol. The van der Waals surface area contributed by atoms with E-state index in [4.69, 9.17) is 10.5 Å². The highest BCUT2D eigenvalue weighted by molar-refractivity contribution is 5.77. The number of nitrogens with two attached hydrogens (primary N) is 1. The van der Waals surface area contributed by atoms with E-state index < -0.39 is 0 Å². The molecule has 17 heavy (non-hydrogen) atoms. The third kappa shape index (κ3) is 3.45. The van der Waals surface area contributed by atoms with Gasteiger partial charge in [-0.15, -0.1) is 0 Å². The molecule has 1 atom stereocenters. The van der Waals surface area contributed by atoms with Crippen molar-refractivity contribution in [2.75, 3.05) is 13.2 Å². The van der Waals surface area contributed by atoms with Crippen LogP contribution in [-0.4, -0.2) is 34.9 Å². The van der Waals surface area contributed by atoms with Crippen molar-refractivity contribution < 1.29 is 9.53 Å². The van der Waals surface area contributed by atoms with E-state index in [-0.39, 0.29) is 18.6 Å². The predicted octanol–water partition coefficient (Wildman–Crippen LogP) is -0.121. The molecule has 0 bridgehead atoms. The fourth-order valence-corrected chi connectivity index (χ4v) is 1.48. The molecule has 96 valence electrons. The normalized spacial score (nSPS) is 12.3. The zero-order chi connectivity index (χ0) is 13.0. The van der Waals surface area contributed by atoms with Gasteiger partial charge in [-0.25, -0.2) is 0 Å². The largest absolute Gasteiger partial charge is 0.480 e. The van der Waals surface area contributed by atoms with Crippen LogP contribution in [0.4, 0.5) is 0 Å². The maximum atomic E-state index is 11.5. The number of hydrogen-bond acceptors (Lipinski definition) is 4. The van der Waals surface area contributed by atoms with Crippen LogP contribution >= 0.6 is 0 Å². The molecule has 0 spiro atoms. The molecule has 0 aliphatic carbocycles. The third-order valence-electron chi connectivity index (χ3n) is 2.55. The van der Waals surface area contributed by atoms with E-state index in [1.807, 2.05) is 27.8 Å². The van der Waals surface area contributed by atoms with Gasteiger partial charge in [0.15, 0.2) is 12.4 Å². The standard InChI is InChI=1S/C11H20N4O2/c1-7(5-12)13-10(16)6-17-11-8(2)14-15(4)9(11)3/h7H,5-6,12H2,1-4H3,(H,13,16)/t7-/m0/s1. The van der Waals surface area contributed by atoms with E-state index in [1.165, 1.54) is 0 Å². The van der Waals surface area contributed by atoms with Crippen molar-refractivity contribution in [3.05, 3.63) is 11.4 Å².